The lowest BCUT2D eigenvalue weighted by atomic mass is 9.94. The van der Waals surface area contributed by atoms with E-state index in [1.807, 2.05) is 11.0 Å². The summed E-state index contributed by atoms with van der Waals surface area (Å²) in [5.41, 5.74) is 1.14. The lowest BCUT2D eigenvalue weighted by molar-refractivity contribution is 0.176. The van der Waals surface area contributed by atoms with Gasteiger partial charge < -0.3 is 10.2 Å². The van der Waals surface area contributed by atoms with Gasteiger partial charge in [0.1, 0.15) is 0 Å². The SMILES string of the molecule is CS(=O)(=O)N1CCC[C@@H](CNC(=O)N2CCC(c3ccn[nH]3)CC2)C1. The van der Waals surface area contributed by atoms with Crippen LogP contribution in [-0.2, 0) is 10.0 Å². The Kier molecular flexibility index (Phi) is 5.63. The molecule has 2 aliphatic heterocycles. The molecule has 0 bridgehead atoms. The number of sulfonamides is 1. The van der Waals surface area contributed by atoms with Crippen LogP contribution in [0.15, 0.2) is 12.3 Å². The van der Waals surface area contributed by atoms with E-state index in [1.54, 1.807) is 6.20 Å². The monoisotopic (exact) mass is 369 g/mol. The van der Waals surface area contributed by atoms with Gasteiger partial charge in [-0.3, -0.25) is 5.10 Å². The van der Waals surface area contributed by atoms with Crippen LogP contribution >= 0.6 is 0 Å². The molecule has 0 aromatic carbocycles. The van der Waals surface area contributed by atoms with Crippen molar-refractivity contribution in [1.82, 2.24) is 24.7 Å². The highest BCUT2D eigenvalue weighted by Gasteiger charge is 2.28. The molecule has 25 heavy (non-hydrogen) atoms. The summed E-state index contributed by atoms with van der Waals surface area (Å²) < 4.78 is 24.9. The Morgan fingerprint density at radius 2 is 2.08 bits per heavy atom. The predicted molar refractivity (Wildman–Crippen MR) is 94.7 cm³/mol. The molecule has 9 heteroatoms. The van der Waals surface area contributed by atoms with Crippen molar-refractivity contribution in [3.8, 4) is 0 Å². The van der Waals surface area contributed by atoms with Crippen molar-refractivity contribution in [3.63, 3.8) is 0 Å². The second kappa shape index (κ2) is 7.74. The van der Waals surface area contributed by atoms with Gasteiger partial charge in [-0.1, -0.05) is 0 Å². The molecule has 2 fully saturated rings. The van der Waals surface area contributed by atoms with Gasteiger partial charge in [0, 0.05) is 50.5 Å². The summed E-state index contributed by atoms with van der Waals surface area (Å²) in [7, 11) is -3.14. The Morgan fingerprint density at radius 1 is 1.32 bits per heavy atom. The molecule has 2 N–H and O–H groups in total. The third-order valence-electron chi connectivity index (χ3n) is 5.24. The van der Waals surface area contributed by atoms with E-state index in [4.69, 9.17) is 0 Å². The summed E-state index contributed by atoms with van der Waals surface area (Å²) in [5.74, 6) is 0.628. The van der Waals surface area contributed by atoms with Crippen molar-refractivity contribution in [2.45, 2.75) is 31.6 Å². The van der Waals surface area contributed by atoms with E-state index in [9.17, 15) is 13.2 Å². The van der Waals surface area contributed by atoms with Crippen molar-refractivity contribution < 1.29 is 13.2 Å². The van der Waals surface area contributed by atoms with Crippen LogP contribution in [0, 0.1) is 5.92 Å². The topological polar surface area (TPSA) is 98.4 Å². The van der Waals surface area contributed by atoms with Gasteiger partial charge in [-0.15, -0.1) is 0 Å². The third-order valence-corrected chi connectivity index (χ3v) is 6.51. The first-order chi connectivity index (χ1) is 11.9. The van der Waals surface area contributed by atoms with Crippen LogP contribution in [0.25, 0.3) is 0 Å². The van der Waals surface area contributed by atoms with Crippen LogP contribution in [0.3, 0.4) is 0 Å². The van der Waals surface area contributed by atoms with Crippen molar-refractivity contribution in [1.29, 1.82) is 0 Å². The molecule has 3 rings (SSSR count). The second-order valence-corrected chi connectivity index (χ2v) is 9.07. The Labute approximate surface area is 149 Å². The molecule has 140 valence electrons. The van der Waals surface area contributed by atoms with E-state index >= 15 is 0 Å². The quantitative estimate of drug-likeness (QED) is 0.826. The molecule has 3 heterocycles. The molecule has 0 aliphatic carbocycles. The minimum absolute atomic E-state index is 0.0421. The molecule has 8 nitrogen and oxygen atoms in total. The fraction of sp³-hybridized carbons (Fsp3) is 0.750. The third kappa shape index (κ3) is 4.72. The van der Waals surface area contributed by atoms with Crippen LogP contribution < -0.4 is 5.32 Å². The zero-order chi connectivity index (χ0) is 17.9. The number of likely N-dealkylation sites (tertiary alicyclic amines) is 1. The van der Waals surface area contributed by atoms with Crippen LogP contribution in [0.5, 0.6) is 0 Å². The molecule has 2 amide bonds. The highest BCUT2D eigenvalue weighted by atomic mass is 32.2. The normalized spacial score (nSPS) is 23.6. The number of amides is 2. The lowest BCUT2D eigenvalue weighted by Gasteiger charge is -2.33. The summed E-state index contributed by atoms with van der Waals surface area (Å²) in [5, 5.41) is 9.99. The molecule has 2 saturated heterocycles. The number of carbonyl (C=O) groups excluding carboxylic acids is 1. The van der Waals surface area contributed by atoms with Crippen molar-refractivity contribution in [2.75, 3.05) is 39.0 Å². The highest BCUT2D eigenvalue weighted by molar-refractivity contribution is 7.88. The summed E-state index contributed by atoms with van der Waals surface area (Å²) in [6.45, 7) is 3.09. The van der Waals surface area contributed by atoms with Gasteiger partial charge in [-0.05, 0) is 37.7 Å². The van der Waals surface area contributed by atoms with Gasteiger partial charge in [-0.25, -0.2) is 17.5 Å². The van der Waals surface area contributed by atoms with E-state index < -0.39 is 10.0 Å². The maximum atomic E-state index is 12.4. The zero-order valence-electron chi connectivity index (χ0n) is 14.6. The van der Waals surface area contributed by atoms with E-state index in [-0.39, 0.29) is 11.9 Å². The first kappa shape index (κ1) is 18.2. The number of aromatic amines is 1. The summed E-state index contributed by atoms with van der Waals surface area (Å²) in [6, 6.07) is 1.95. The molecule has 0 saturated carbocycles. The minimum Gasteiger partial charge on any atom is -0.338 e. The average molecular weight is 369 g/mol. The minimum atomic E-state index is -3.14. The van der Waals surface area contributed by atoms with E-state index in [2.05, 4.69) is 15.5 Å². The molecule has 2 aliphatic rings. The molecule has 0 spiro atoms. The Balaban J connectivity index is 1.42. The molecule has 1 atom stereocenters. The summed E-state index contributed by atoms with van der Waals surface area (Å²) in [6.07, 6.45) is 6.68. The Morgan fingerprint density at radius 3 is 2.72 bits per heavy atom. The number of urea groups is 1. The van der Waals surface area contributed by atoms with Crippen LogP contribution in [0.2, 0.25) is 0 Å². The van der Waals surface area contributed by atoms with Gasteiger partial charge >= 0.3 is 6.03 Å². The molecular formula is C16H27N5O3S. The first-order valence-electron chi connectivity index (χ1n) is 8.90. The molecule has 0 radical (unpaired) electrons. The van der Waals surface area contributed by atoms with Gasteiger partial charge in [0.25, 0.3) is 0 Å². The van der Waals surface area contributed by atoms with Crippen molar-refractivity contribution in [2.24, 2.45) is 5.92 Å². The van der Waals surface area contributed by atoms with E-state index in [1.165, 1.54) is 10.6 Å². The van der Waals surface area contributed by atoms with Crippen LogP contribution in [0.4, 0.5) is 4.79 Å². The number of piperidine rings is 2. The summed E-state index contributed by atoms with van der Waals surface area (Å²) >= 11 is 0. The maximum Gasteiger partial charge on any atom is 0.317 e. The summed E-state index contributed by atoms with van der Waals surface area (Å²) in [4.78, 5) is 14.2. The fourth-order valence-corrected chi connectivity index (χ4v) is 4.67. The van der Waals surface area contributed by atoms with Crippen molar-refractivity contribution in [3.05, 3.63) is 18.0 Å². The Hall–Kier alpha value is -1.61. The first-order valence-corrected chi connectivity index (χ1v) is 10.8. The number of hydrogen-bond donors (Lipinski definition) is 2. The average Bonchev–Trinajstić information content (AvgIpc) is 3.14. The molecule has 1 aromatic rings. The van der Waals surface area contributed by atoms with Crippen LogP contribution in [0.1, 0.15) is 37.3 Å². The van der Waals surface area contributed by atoms with Crippen LogP contribution in [-0.4, -0.2) is 72.8 Å². The van der Waals surface area contributed by atoms with E-state index in [0.29, 0.717) is 25.6 Å². The predicted octanol–water partition coefficient (Wildman–Crippen LogP) is 0.970. The van der Waals surface area contributed by atoms with Gasteiger partial charge in [0.05, 0.1) is 6.26 Å². The van der Waals surface area contributed by atoms with E-state index in [0.717, 1.165) is 44.5 Å². The number of nitrogens with one attached hydrogen (secondary N) is 2. The second-order valence-electron chi connectivity index (χ2n) is 7.09. The highest BCUT2D eigenvalue weighted by Crippen LogP contribution is 2.26. The molecule has 0 unspecified atom stereocenters. The number of rotatable bonds is 4. The number of aromatic nitrogens is 2. The zero-order valence-corrected chi connectivity index (χ0v) is 15.5. The number of carbonyl (C=O) groups is 1. The standard InChI is InChI=1S/C16H27N5O3S/c1-25(23,24)21-8-2-3-13(12-21)11-17-16(22)20-9-5-14(6-10-20)15-4-7-18-19-15/h4,7,13-14H,2-3,5-6,8-12H2,1H3,(H,17,22)(H,18,19)/t13-/m0/s1. The smallest absolute Gasteiger partial charge is 0.317 e. The Bertz CT molecular complexity index is 668. The number of H-pyrrole nitrogens is 1. The largest absolute Gasteiger partial charge is 0.338 e. The van der Waals surface area contributed by atoms with Gasteiger partial charge in [0.15, 0.2) is 0 Å². The molecular weight excluding hydrogens is 342 g/mol. The van der Waals surface area contributed by atoms with Gasteiger partial charge in [0.2, 0.25) is 10.0 Å². The van der Waals surface area contributed by atoms with Gasteiger partial charge in [-0.2, -0.15) is 5.10 Å². The fourth-order valence-electron chi connectivity index (χ4n) is 3.73. The lowest BCUT2D eigenvalue weighted by Crippen LogP contribution is -2.48. The number of nitrogens with zero attached hydrogens (tertiary/aromatic N) is 3. The number of hydrogen-bond acceptors (Lipinski definition) is 4. The maximum absolute atomic E-state index is 12.4. The van der Waals surface area contributed by atoms with Crippen molar-refractivity contribution >= 4 is 16.1 Å². The molecule has 1 aromatic heterocycles.